The summed E-state index contributed by atoms with van der Waals surface area (Å²) in [6.07, 6.45) is 5.95. The third kappa shape index (κ3) is 1.51. The van der Waals surface area contributed by atoms with Gasteiger partial charge in [0.2, 0.25) is 0 Å². The predicted molar refractivity (Wildman–Crippen MR) is 56.6 cm³/mol. The molecule has 3 rings (SSSR count). The maximum Gasteiger partial charge on any atom is 0.188 e. The van der Waals surface area contributed by atoms with Crippen molar-refractivity contribution in [2.45, 2.75) is 18.8 Å². The molecule has 1 fully saturated rings. The van der Waals surface area contributed by atoms with E-state index in [2.05, 4.69) is 15.5 Å². The molecule has 0 radical (unpaired) electrons. The lowest BCUT2D eigenvalue weighted by Crippen LogP contribution is -2.28. The van der Waals surface area contributed by atoms with Gasteiger partial charge in [-0.3, -0.25) is 4.98 Å². The van der Waals surface area contributed by atoms with Gasteiger partial charge in [0, 0.05) is 24.2 Å². The molecule has 1 unspecified atom stereocenters. The van der Waals surface area contributed by atoms with E-state index in [1.807, 2.05) is 12.3 Å². The number of nitrogens with zero attached hydrogens (tertiary/aromatic N) is 2. The van der Waals surface area contributed by atoms with Crippen molar-refractivity contribution in [1.29, 1.82) is 0 Å². The zero-order valence-corrected chi connectivity index (χ0v) is 8.44. The summed E-state index contributed by atoms with van der Waals surface area (Å²) in [6.45, 7) is 2.15. The Balaban J connectivity index is 2.05. The Kier molecular flexibility index (Phi) is 2.14. The Morgan fingerprint density at radius 3 is 3.33 bits per heavy atom. The minimum atomic E-state index is 0.539. The summed E-state index contributed by atoms with van der Waals surface area (Å²) in [5.41, 5.74) is 2.95. The average Bonchev–Trinajstić information content (AvgIpc) is 2.78. The lowest BCUT2D eigenvalue weighted by atomic mass is 9.92. The Hall–Kier alpha value is -1.42. The van der Waals surface area contributed by atoms with E-state index in [4.69, 9.17) is 4.52 Å². The van der Waals surface area contributed by atoms with Crippen molar-refractivity contribution in [3.8, 4) is 0 Å². The van der Waals surface area contributed by atoms with E-state index in [9.17, 15) is 0 Å². The van der Waals surface area contributed by atoms with Gasteiger partial charge in [0.1, 0.15) is 5.52 Å². The molecule has 4 nitrogen and oxygen atoms in total. The molecule has 0 spiro atoms. The van der Waals surface area contributed by atoms with Crippen molar-refractivity contribution in [3.05, 3.63) is 24.0 Å². The van der Waals surface area contributed by atoms with Gasteiger partial charge in [0.05, 0.1) is 6.20 Å². The molecule has 78 valence electrons. The van der Waals surface area contributed by atoms with Crippen LogP contribution >= 0.6 is 0 Å². The average molecular weight is 203 g/mol. The molecule has 0 aromatic carbocycles. The molecule has 1 saturated heterocycles. The summed E-state index contributed by atoms with van der Waals surface area (Å²) in [6, 6.07) is 2.05. The molecule has 1 aliphatic heterocycles. The highest BCUT2D eigenvalue weighted by atomic mass is 16.5. The topological polar surface area (TPSA) is 51.0 Å². The van der Waals surface area contributed by atoms with Crippen LogP contribution in [0.1, 0.15) is 24.3 Å². The third-order valence-electron chi connectivity index (χ3n) is 3.02. The summed E-state index contributed by atoms with van der Waals surface area (Å²) in [5.74, 6) is 0.539. The van der Waals surface area contributed by atoms with E-state index in [1.54, 1.807) is 6.20 Å². The standard InChI is InChI=1S/C11H13N3O/c1-2-8(6-12-4-1)9-3-5-13-10-7-14-15-11(9)10/h3,5,7-8,12H,1-2,4,6H2. The molecule has 15 heavy (non-hydrogen) atoms. The highest BCUT2D eigenvalue weighted by Crippen LogP contribution is 2.28. The molecule has 0 aliphatic carbocycles. The van der Waals surface area contributed by atoms with Crippen LogP contribution in [0.5, 0.6) is 0 Å². The number of fused-ring (bicyclic) bond motifs is 1. The second kappa shape index (κ2) is 3.62. The quantitative estimate of drug-likeness (QED) is 0.766. The number of nitrogens with one attached hydrogen (secondary N) is 1. The molecule has 2 aromatic heterocycles. The van der Waals surface area contributed by atoms with Crippen molar-refractivity contribution in [2.24, 2.45) is 0 Å². The van der Waals surface area contributed by atoms with Gasteiger partial charge >= 0.3 is 0 Å². The fourth-order valence-electron chi connectivity index (χ4n) is 2.24. The Labute approximate surface area is 87.7 Å². The number of hydrogen-bond donors (Lipinski definition) is 1. The van der Waals surface area contributed by atoms with E-state index in [0.717, 1.165) is 24.2 Å². The first-order valence-electron chi connectivity index (χ1n) is 5.35. The first-order chi connectivity index (χ1) is 7.45. The maximum absolute atomic E-state index is 5.26. The van der Waals surface area contributed by atoms with Gasteiger partial charge in [-0.1, -0.05) is 5.16 Å². The zero-order valence-electron chi connectivity index (χ0n) is 8.44. The number of rotatable bonds is 1. The number of aromatic nitrogens is 2. The fourth-order valence-corrected chi connectivity index (χ4v) is 2.24. The van der Waals surface area contributed by atoms with Crippen LogP contribution in [-0.4, -0.2) is 23.2 Å². The van der Waals surface area contributed by atoms with Gasteiger partial charge in [0.15, 0.2) is 5.58 Å². The Morgan fingerprint density at radius 2 is 2.47 bits per heavy atom. The monoisotopic (exact) mass is 203 g/mol. The minimum absolute atomic E-state index is 0.539. The summed E-state index contributed by atoms with van der Waals surface area (Å²) < 4.78 is 5.26. The lowest BCUT2D eigenvalue weighted by molar-refractivity contribution is 0.433. The highest BCUT2D eigenvalue weighted by Gasteiger charge is 2.19. The number of hydrogen-bond acceptors (Lipinski definition) is 4. The van der Waals surface area contributed by atoms with E-state index in [-0.39, 0.29) is 0 Å². The van der Waals surface area contributed by atoms with Crippen molar-refractivity contribution in [2.75, 3.05) is 13.1 Å². The highest BCUT2D eigenvalue weighted by molar-refractivity contribution is 5.75. The Morgan fingerprint density at radius 1 is 1.47 bits per heavy atom. The van der Waals surface area contributed by atoms with Crippen molar-refractivity contribution in [3.63, 3.8) is 0 Å². The van der Waals surface area contributed by atoms with Crippen LogP contribution in [0, 0.1) is 0 Å². The second-order valence-electron chi connectivity index (χ2n) is 3.98. The lowest BCUT2D eigenvalue weighted by Gasteiger charge is -2.22. The van der Waals surface area contributed by atoms with Crippen molar-refractivity contribution in [1.82, 2.24) is 15.5 Å². The van der Waals surface area contributed by atoms with Crippen molar-refractivity contribution < 1.29 is 4.52 Å². The largest absolute Gasteiger partial charge is 0.354 e. The fraction of sp³-hybridized carbons (Fsp3) is 0.455. The van der Waals surface area contributed by atoms with Gasteiger partial charge in [-0.05, 0) is 25.5 Å². The summed E-state index contributed by atoms with van der Waals surface area (Å²) in [4.78, 5) is 4.22. The van der Waals surface area contributed by atoms with E-state index in [0.29, 0.717) is 5.92 Å². The zero-order chi connectivity index (χ0) is 10.1. The van der Waals surface area contributed by atoms with Crippen LogP contribution in [-0.2, 0) is 0 Å². The molecule has 0 bridgehead atoms. The first-order valence-corrected chi connectivity index (χ1v) is 5.35. The first kappa shape index (κ1) is 8.85. The third-order valence-corrected chi connectivity index (χ3v) is 3.02. The summed E-state index contributed by atoms with van der Waals surface area (Å²) >= 11 is 0. The van der Waals surface area contributed by atoms with Gasteiger partial charge in [-0.15, -0.1) is 0 Å². The molecule has 0 amide bonds. The molecular weight excluding hydrogens is 190 g/mol. The molecule has 0 saturated carbocycles. The van der Waals surface area contributed by atoms with Crippen LogP contribution in [0.2, 0.25) is 0 Å². The second-order valence-corrected chi connectivity index (χ2v) is 3.98. The molecule has 1 N–H and O–H groups in total. The summed E-state index contributed by atoms with van der Waals surface area (Å²) in [7, 11) is 0. The van der Waals surface area contributed by atoms with Crippen LogP contribution in [0.15, 0.2) is 23.0 Å². The number of piperidine rings is 1. The number of pyridine rings is 1. The van der Waals surface area contributed by atoms with Crippen molar-refractivity contribution >= 4 is 11.1 Å². The smallest absolute Gasteiger partial charge is 0.188 e. The predicted octanol–water partition coefficient (Wildman–Crippen LogP) is 1.69. The van der Waals surface area contributed by atoms with Crippen LogP contribution in [0.4, 0.5) is 0 Å². The van der Waals surface area contributed by atoms with Crippen LogP contribution in [0.25, 0.3) is 11.1 Å². The van der Waals surface area contributed by atoms with Gasteiger partial charge in [0.25, 0.3) is 0 Å². The van der Waals surface area contributed by atoms with Crippen LogP contribution in [0.3, 0.4) is 0 Å². The molecule has 3 heterocycles. The molecule has 1 atom stereocenters. The van der Waals surface area contributed by atoms with E-state index < -0.39 is 0 Å². The minimum Gasteiger partial charge on any atom is -0.354 e. The molecular formula is C11H13N3O. The normalized spacial score (nSPS) is 22.0. The van der Waals surface area contributed by atoms with Crippen LogP contribution < -0.4 is 5.32 Å². The Bertz CT molecular complexity index is 460. The van der Waals surface area contributed by atoms with E-state index in [1.165, 1.54) is 18.4 Å². The van der Waals surface area contributed by atoms with E-state index >= 15 is 0 Å². The van der Waals surface area contributed by atoms with Gasteiger partial charge in [-0.2, -0.15) is 0 Å². The van der Waals surface area contributed by atoms with Gasteiger partial charge < -0.3 is 9.84 Å². The maximum atomic E-state index is 5.26. The summed E-state index contributed by atoms with van der Waals surface area (Å²) in [5, 5.41) is 7.21. The molecule has 2 aromatic rings. The molecule has 4 heteroatoms. The van der Waals surface area contributed by atoms with Gasteiger partial charge in [-0.25, -0.2) is 0 Å². The SMILES string of the molecule is c1cc(C2CCCNC2)c2oncc2n1. The molecule has 1 aliphatic rings.